The third-order valence-corrected chi connectivity index (χ3v) is 9.38. The van der Waals surface area contributed by atoms with E-state index in [-0.39, 0.29) is 11.2 Å². The summed E-state index contributed by atoms with van der Waals surface area (Å²) in [6, 6.07) is 0. The second-order valence-electron chi connectivity index (χ2n) is 10.4. The van der Waals surface area contributed by atoms with Crippen LogP contribution in [0.3, 0.4) is 0 Å². The van der Waals surface area contributed by atoms with Crippen molar-refractivity contribution in [2.45, 2.75) is 130 Å². The van der Waals surface area contributed by atoms with Crippen molar-refractivity contribution in [2.24, 2.45) is 22.7 Å². The van der Waals surface area contributed by atoms with Crippen LogP contribution >= 0.6 is 0 Å². The average Bonchev–Trinajstić information content (AvgIpc) is 2.98. The van der Waals surface area contributed by atoms with Crippen LogP contribution in [0.1, 0.15) is 107 Å². The molecule has 2 heteroatoms. The quantitative estimate of drug-likeness (QED) is 0.550. The summed E-state index contributed by atoms with van der Waals surface area (Å²) < 4.78 is 13.5. The van der Waals surface area contributed by atoms with Gasteiger partial charge >= 0.3 is 0 Å². The van der Waals surface area contributed by atoms with Crippen molar-refractivity contribution >= 4 is 0 Å². The average molecular weight is 365 g/mol. The third-order valence-electron chi connectivity index (χ3n) is 9.38. The minimum absolute atomic E-state index is 0.0955. The van der Waals surface area contributed by atoms with E-state index in [2.05, 4.69) is 41.5 Å². The fraction of sp³-hybridized carbons (Fsp3) is 1.00. The Kier molecular flexibility index (Phi) is 5.37. The highest BCUT2D eigenvalue weighted by atomic mass is 16.5. The predicted octanol–water partition coefficient (Wildman–Crippen LogP) is 6.76. The van der Waals surface area contributed by atoms with Crippen molar-refractivity contribution in [3.05, 3.63) is 0 Å². The topological polar surface area (TPSA) is 18.5 Å². The van der Waals surface area contributed by atoms with E-state index in [9.17, 15) is 0 Å². The lowest BCUT2D eigenvalue weighted by atomic mass is 9.55. The maximum absolute atomic E-state index is 6.88. The molecule has 0 aromatic heterocycles. The molecule has 4 aliphatic rings. The second-order valence-corrected chi connectivity index (χ2v) is 10.4. The van der Waals surface area contributed by atoms with Gasteiger partial charge in [0.1, 0.15) is 0 Å². The van der Waals surface area contributed by atoms with E-state index in [1.807, 2.05) is 13.8 Å². The van der Waals surface area contributed by atoms with E-state index in [0.29, 0.717) is 34.9 Å². The van der Waals surface area contributed by atoms with Gasteiger partial charge in [0.2, 0.25) is 0 Å². The molecule has 4 rings (SSSR count). The van der Waals surface area contributed by atoms with Gasteiger partial charge in [-0.3, -0.25) is 0 Å². The van der Waals surface area contributed by atoms with Gasteiger partial charge in [0.25, 0.3) is 0 Å². The van der Waals surface area contributed by atoms with E-state index in [0.717, 1.165) is 0 Å². The molecule has 2 saturated heterocycles. The molecule has 2 aliphatic heterocycles. The summed E-state index contributed by atoms with van der Waals surface area (Å²) in [6.45, 7) is 18.3. The zero-order valence-electron chi connectivity index (χ0n) is 18.8. The molecule has 0 spiro atoms. The van der Waals surface area contributed by atoms with E-state index in [1.165, 1.54) is 51.4 Å². The van der Waals surface area contributed by atoms with Crippen molar-refractivity contribution in [3.63, 3.8) is 0 Å². The maximum atomic E-state index is 6.88. The molecule has 8 atom stereocenters. The van der Waals surface area contributed by atoms with E-state index in [4.69, 9.17) is 9.47 Å². The van der Waals surface area contributed by atoms with Gasteiger partial charge in [-0.15, -0.1) is 0 Å². The maximum Gasteiger partial charge on any atom is 0.0724 e. The first-order chi connectivity index (χ1) is 12.2. The van der Waals surface area contributed by atoms with Gasteiger partial charge in [-0.2, -0.15) is 0 Å². The molecular formula is C24H44O2. The number of ether oxygens (including phenoxy) is 2. The van der Waals surface area contributed by atoms with Crippen molar-refractivity contribution < 1.29 is 9.47 Å². The van der Waals surface area contributed by atoms with Crippen molar-refractivity contribution in [2.75, 3.05) is 0 Å². The first kappa shape index (κ1) is 20.6. The van der Waals surface area contributed by atoms with E-state index < -0.39 is 0 Å². The molecular weight excluding hydrogens is 320 g/mol. The lowest BCUT2D eigenvalue weighted by molar-refractivity contribution is -0.107. The van der Waals surface area contributed by atoms with Crippen LogP contribution in [0, 0.1) is 22.7 Å². The highest BCUT2D eigenvalue weighted by Crippen LogP contribution is 2.65. The Bertz CT molecular complexity index is 518. The van der Waals surface area contributed by atoms with Gasteiger partial charge < -0.3 is 9.47 Å². The monoisotopic (exact) mass is 364 g/mol. The summed E-state index contributed by atoms with van der Waals surface area (Å²) in [5.41, 5.74) is 0.989. The van der Waals surface area contributed by atoms with Gasteiger partial charge in [-0.25, -0.2) is 0 Å². The van der Waals surface area contributed by atoms with Gasteiger partial charge in [0, 0.05) is 5.41 Å². The number of hydrogen-bond acceptors (Lipinski definition) is 2. The highest BCUT2D eigenvalue weighted by Gasteiger charge is 2.64. The minimum Gasteiger partial charge on any atom is -0.371 e. The van der Waals surface area contributed by atoms with Gasteiger partial charge in [0.15, 0.2) is 0 Å². The second kappa shape index (κ2) is 6.76. The number of fused-ring (bicyclic) bond motifs is 4. The van der Waals surface area contributed by atoms with Gasteiger partial charge in [0.05, 0.1) is 23.4 Å². The zero-order valence-corrected chi connectivity index (χ0v) is 18.8. The van der Waals surface area contributed by atoms with Crippen molar-refractivity contribution in [1.82, 2.24) is 0 Å². The minimum atomic E-state index is 0.0955. The molecule has 4 fully saturated rings. The van der Waals surface area contributed by atoms with E-state index in [1.54, 1.807) is 0 Å². The smallest absolute Gasteiger partial charge is 0.0724 e. The first-order valence-electron chi connectivity index (χ1n) is 11.5. The predicted molar refractivity (Wildman–Crippen MR) is 109 cm³/mol. The molecule has 2 heterocycles. The molecule has 152 valence electrons. The third kappa shape index (κ3) is 2.81. The molecule has 4 bridgehead atoms. The largest absolute Gasteiger partial charge is 0.371 e. The highest BCUT2D eigenvalue weighted by molar-refractivity contribution is 5.14. The van der Waals surface area contributed by atoms with Crippen LogP contribution in [-0.2, 0) is 9.47 Å². The summed E-state index contributed by atoms with van der Waals surface area (Å²) in [5, 5.41) is 0. The van der Waals surface area contributed by atoms with Crippen LogP contribution in [0.2, 0.25) is 0 Å². The number of hydrogen-bond donors (Lipinski definition) is 0. The lowest BCUT2D eigenvalue weighted by Crippen LogP contribution is -2.48. The van der Waals surface area contributed by atoms with Crippen LogP contribution < -0.4 is 0 Å². The molecule has 0 aromatic carbocycles. The fourth-order valence-electron chi connectivity index (χ4n) is 7.17. The fourth-order valence-corrected chi connectivity index (χ4v) is 7.17. The summed E-state index contributed by atoms with van der Waals surface area (Å²) >= 11 is 0. The molecule has 2 aliphatic carbocycles. The van der Waals surface area contributed by atoms with Crippen molar-refractivity contribution in [1.29, 1.82) is 0 Å². The Morgan fingerprint density at radius 1 is 0.808 bits per heavy atom. The van der Waals surface area contributed by atoms with Crippen molar-refractivity contribution in [3.8, 4) is 0 Å². The summed E-state index contributed by atoms with van der Waals surface area (Å²) in [6.07, 6.45) is 11.2. The first-order valence-corrected chi connectivity index (χ1v) is 11.5. The molecule has 0 amide bonds. The van der Waals surface area contributed by atoms with Crippen LogP contribution in [-0.4, -0.2) is 23.4 Å². The van der Waals surface area contributed by atoms with Gasteiger partial charge in [-0.1, -0.05) is 34.6 Å². The van der Waals surface area contributed by atoms with Gasteiger partial charge in [-0.05, 0) is 89.4 Å². The number of rotatable bonds is 3. The summed E-state index contributed by atoms with van der Waals surface area (Å²) in [7, 11) is 0. The molecule has 0 aromatic rings. The Balaban J connectivity index is 0.000000948. The van der Waals surface area contributed by atoms with E-state index >= 15 is 0 Å². The lowest BCUT2D eigenvalue weighted by Gasteiger charge is -2.49. The molecule has 2 nitrogen and oxygen atoms in total. The molecule has 8 unspecified atom stereocenters. The SMILES string of the molecule is CC.CCC12CCC(C)C(CC34CCC(C)C(C)(C3)OC4C)(C1)OC2C. The molecule has 0 N–H and O–H groups in total. The summed E-state index contributed by atoms with van der Waals surface area (Å²) in [5.74, 6) is 1.38. The van der Waals surface area contributed by atoms with Crippen LogP contribution in [0.25, 0.3) is 0 Å². The standard InChI is InChI=1S/C22H38O2.C2H6/c1-7-20-10-9-16(3)22(13-20,24-17(20)4)14-21-11-8-15(2)19(6,12-21)23-18(21)5;1-2/h15-18H,7-14H2,1-6H3;1-2H3. The zero-order chi connectivity index (χ0) is 19.4. The molecule has 0 radical (unpaired) electrons. The van der Waals surface area contributed by atoms with Crippen LogP contribution in [0.4, 0.5) is 0 Å². The Morgan fingerprint density at radius 3 is 2.04 bits per heavy atom. The van der Waals surface area contributed by atoms with Crippen LogP contribution in [0.5, 0.6) is 0 Å². The van der Waals surface area contributed by atoms with Crippen LogP contribution in [0.15, 0.2) is 0 Å². The summed E-state index contributed by atoms with van der Waals surface area (Å²) in [4.78, 5) is 0. The Morgan fingerprint density at radius 2 is 1.38 bits per heavy atom. The molecule has 2 saturated carbocycles. The Labute approximate surface area is 162 Å². The normalized spacial score (nSPS) is 55.4. The Hall–Kier alpha value is -0.0800. The molecule has 26 heavy (non-hydrogen) atoms.